The van der Waals surface area contributed by atoms with Gasteiger partial charge in [0.15, 0.2) is 0 Å². The summed E-state index contributed by atoms with van der Waals surface area (Å²) in [7, 11) is 1.61. The summed E-state index contributed by atoms with van der Waals surface area (Å²) in [6.07, 6.45) is 0. The highest BCUT2D eigenvalue weighted by Crippen LogP contribution is 2.29. The highest BCUT2D eigenvalue weighted by Gasteiger charge is 2.27. The van der Waals surface area contributed by atoms with Crippen molar-refractivity contribution in [1.82, 2.24) is 14.8 Å². The van der Waals surface area contributed by atoms with E-state index < -0.39 is 5.92 Å². The summed E-state index contributed by atoms with van der Waals surface area (Å²) in [5, 5.41) is 6.20. The Bertz CT molecular complexity index is 680. The molecule has 0 atom stereocenters. The molecule has 0 aliphatic heterocycles. The number of hydrogen-bond donors (Lipinski definition) is 1. The molecular formula is C13H15F2N3O. The fourth-order valence-corrected chi connectivity index (χ4v) is 2.13. The Morgan fingerprint density at radius 1 is 1.26 bits per heavy atom. The van der Waals surface area contributed by atoms with Crippen molar-refractivity contribution in [3.8, 4) is 11.4 Å². The smallest absolute Gasteiger partial charge is 0.286 e. The van der Waals surface area contributed by atoms with Gasteiger partial charge in [0.2, 0.25) is 0 Å². The number of rotatable bonds is 2. The number of aromatic nitrogens is 3. The lowest BCUT2D eigenvalue weighted by Gasteiger charge is -2.10. The number of halogens is 2. The van der Waals surface area contributed by atoms with Crippen molar-refractivity contribution in [1.29, 1.82) is 0 Å². The SMILES string of the molecule is Cc1cc(C)c(=O)n(C)c1-c1cc(C(C)(F)F)[nH]n1. The van der Waals surface area contributed by atoms with E-state index in [9.17, 15) is 13.6 Å². The minimum absolute atomic E-state index is 0.159. The third-order valence-corrected chi connectivity index (χ3v) is 3.08. The van der Waals surface area contributed by atoms with Crippen LogP contribution in [-0.4, -0.2) is 14.8 Å². The second-order valence-electron chi connectivity index (χ2n) is 4.78. The molecule has 102 valence electrons. The van der Waals surface area contributed by atoms with Gasteiger partial charge < -0.3 is 4.57 Å². The van der Waals surface area contributed by atoms with Crippen molar-refractivity contribution in [2.45, 2.75) is 26.7 Å². The van der Waals surface area contributed by atoms with Gasteiger partial charge in [-0.2, -0.15) is 13.9 Å². The van der Waals surface area contributed by atoms with Gasteiger partial charge in [-0.3, -0.25) is 9.89 Å². The normalized spacial score (nSPS) is 11.9. The van der Waals surface area contributed by atoms with Crippen LogP contribution in [0, 0.1) is 13.8 Å². The van der Waals surface area contributed by atoms with Crippen LogP contribution in [0.25, 0.3) is 11.4 Å². The lowest BCUT2D eigenvalue weighted by atomic mass is 10.1. The third kappa shape index (κ3) is 2.30. The molecule has 0 bridgehead atoms. The molecule has 2 heterocycles. The van der Waals surface area contributed by atoms with Gasteiger partial charge in [-0.05, 0) is 31.5 Å². The Morgan fingerprint density at radius 3 is 2.42 bits per heavy atom. The van der Waals surface area contributed by atoms with Gasteiger partial charge in [0.1, 0.15) is 11.4 Å². The summed E-state index contributed by atoms with van der Waals surface area (Å²) in [5.41, 5.74) is 1.89. The molecule has 0 unspecified atom stereocenters. The summed E-state index contributed by atoms with van der Waals surface area (Å²) < 4.78 is 27.8. The van der Waals surface area contributed by atoms with Crippen LogP contribution < -0.4 is 5.56 Å². The molecule has 0 saturated heterocycles. The summed E-state index contributed by atoms with van der Waals surface area (Å²) in [4.78, 5) is 11.9. The molecule has 0 amide bonds. The lowest BCUT2D eigenvalue weighted by Crippen LogP contribution is -2.21. The molecule has 4 nitrogen and oxygen atoms in total. The Labute approximate surface area is 109 Å². The quantitative estimate of drug-likeness (QED) is 0.908. The van der Waals surface area contributed by atoms with E-state index in [0.717, 1.165) is 12.5 Å². The zero-order valence-corrected chi connectivity index (χ0v) is 11.2. The maximum atomic E-state index is 13.2. The molecule has 0 saturated carbocycles. The average Bonchev–Trinajstić information content (AvgIpc) is 2.75. The fraction of sp³-hybridized carbons (Fsp3) is 0.385. The van der Waals surface area contributed by atoms with Gasteiger partial charge in [-0.25, -0.2) is 0 Å². The van der Waals surface area contributed by atoms with Crippen molar-refractivity contribution < 1.29 is 8.78 Å². The maximum absolute atomic E-state index is 13.2. The van der Waals surface area contributed by atoms with Crippen LogP contribution in [0.3, 0.4) is 0 Å². The van der Waals surface area contributed by atoms with E-state index >= 15 is 0 Å². The van der Waals surface area contributed by atoms with Crippen molar-refractivity contribution in [2.24, 2.45) is 7.05 Å². The molecule has 1 N–H and O–H groups in total. The highest BCUT2D eigenvalue weighted by atomic mass is 19.3. The number of nitrogens with one attached hydrogen (secondary N) is 1. The fourth-order valence-electron chi connectivity index (χ4n) is 2.13. The second kappa shape index (κ2) is 4.29. The molecule has 19 heavy (non-hydrogen) atoms. The van der Waals surface area contributed by atoms with Crippen LogP contribution in [-0.2, 0) is 13.0 Å². The first-order chi connectivity index (χ1) is 8.71. The molecule has 0 aliphatic carbocycles. The maximum Gasteiger partial charge on any atom is 0.286 e. The van der Waals surface area contributed by atoms with Gasteiger partial charge in [0.05, 0.1) is 5.69 Å². The lowest BCUT2D eigenvalue weighted by molar-refractivity contribution is 0.0127. The number of alkyl halides is 2. The van der Waals surface area contributed by atoms with Gasteiger partial charge in [-0.1, -0.05) is 0 Å². The summed E-state index contributed by atoms with van der Waals surface area (Å²) in [6, 6.07) is 3.01. The molecule has 2 aromatic heterocycles. The summed E-state index contributed by atoms with van der Waals surface area (Å²) in [5.74, 6) is -2.98. The topological polar surface area (TPSA) is 50.7 Å². The number of pyridine rings is 1. The van der Waals surface area contributed by atoms with E-state index in [1.54, 1.807) is 20.0 Å². The van der Waals surface area contributed by atoms with Gasteiger partial charge in [0.25, 0.3) is 11.5 Å². The average molecular weight is 267 g/mol. The number of aryl methyl sites for hydroxylation is 2. The van der Waals surface area contributed by atoms with E-state index in [1.165, 1.54) is 10.6 Å². The Kier molecular flexibility index (Phi) is 3.04. The second-order valence-corrected chi connectivity index (χ2v) is 4.78. The van der Waals surface area contributed by atoms with Crippen LogP contribution in [0.4, 0.5) is 8.78 Å². The van der Waals surface area contributed by atoms with Crippen LogP contribution >= 0.6 is 0 Å². The number of aromatic amines is 1. The van der Waals surface area contributed by atoms with Crippen molar-refractivity contribution in [2.75, 3.05) is 0 Å². The molecule has 6 heteroatoms. The minimum atomic E-state index is -2.98. The van der Waals surface area contributed by atoms with E-state index in [4.69, 9.17) is 0 Å². The first-order valence-corrected chi connectivity index (χ1v) is 5.83. The minimum Gasteiger partial charge on any atom is -0.309 e. The first kappa shape index (κ1) is 13.5. The largest absolute Gasteiger partial charge is 0.309 e. The standard InChI is InChI=1S/C13H15F2N3O/c1-7-5-8(2)12(19)18(4)11(7)9-6-10(17-16-9)13(3,14)15/h5-6H,1-4H3,(H,16,17). The van der Waals surface area contributed by atoms with Gasteiger partial charge in [-0.15, -0.1) is 0 Å². The molecule has 2 aromatic rings. The molecule has 0 aromatic carbocycles. The molecular weight excluding hydrogens is 252 g/mol. The Morgan fingerprint density at radius 2 is 1.89 bits per heavy atom. The zero-order chi connectivity index (χ0) is 14.4. The van der Waals surface area contributed by atoms with Crippen LogP contribution in [0.15, 0.2) is 16.9 Å². The van der Waals surface area contributed by atoms with Crippen LogP contribution in [0.5, 0.6) is 0 Å². The number of nitrogens with zero attached hydrogens (tertiary/aromatic N) is 2. The van der Waals surface area contributed by atoms with Crippen molar-refractivity contribution in [3.63, 3.8) is 0 Å². The van der Waals surface area contributed by atoms with Crippen molar-refractivity contribution >= 4 is 0 Å². The van der Waals surface area contributed by atoms with Crippen LogP contribution in [0.2, 0.25) is 0 Å². The molecule has 0 fully saturated rings. The Hall–Kier alpha value is -1.98. The molecule has 0 spiro atoms. The van der Waals surface area contributed by atoms with E-state index in [1.807, 2.05) is 6.92 Å². The van der Waals surface area contributed by atoms with E-state index in [-0.39, 0.29) is 11.3 Å². The monoisotopic (exact) mass is 267 g/mol. The van der Waals surface area contributed by atoms with E-state index in [2.05, 4.69) is 10.2 Å². The number of hydrogen-bond acceptors (Lipinski definition) is 2. The van der Waals surface area contributed by atoms with Gasteiger partial charge in [0, 0.05) is 19.5 Å². The number of H-pyrrole nitrogens is 1. The molecule has 2 rings (SSSR count). The van der Waals surface area contributed by atoms with Crippen molar-refractivity contribution in [3.05, 3.63) is 39.3 Å². The summed E-state index contributed by atoms with van der Waals surface area (Å²) in [6.45, 7) is 4.33. The van der Waals surface area contributed by atoms with Crippen LogP contribution in [0.1, 0.15) is 23.7 Å². The Balaban J connectivity index is 2.64. The zero-order valence-electron chi connectivity index (χ0n) is 11.2. The summed E-state index contributed by atoms with van der Waals surface area (Å²) >= 11 is 0. The molecule has 0 radical (unpaired) electrons. The highest BCUT2D eigenvalue weighted by molar-refractivity contribution is 5.60. The van der Waals surface area contributed by atoms with Gasteiger partial charge >= 0.3 is 0 Å². The molecule has 0 aliphatic rings. The predicted molar refractivity (Wildman–Crippen MR) is 68.3 cm³/mol. The third-order valence-electron chi connectivity index (χ3n) is 3.08. The van der Waals surface area contributed by atoms with E-state index in [0.29, 0.717) is 17.0 Å². The first-order valence-electron chi connectivity index (χ1n) is 5.83. The predicted octanol–water partition coefficient (Wildman–Crippen LogP) is 2.50.